The molecule has 2 amide bonds. The summed E-state index contributed by atoms with van der Waals surface area (Å²) in [6, 6.07) is 18.8. The standard InChI is InChI=1S/C20H24N2O2S/c1-2-9-19(23)22-18(15-25-14-16-10-5-3-6-11-16)20(24)21-17-12-7-4-8-13-17/h3-8,10-13,18H,2,9,14-15H2,1H3,(H,21,24)(H,22,23)/t18-/m0/s1. The molecule has 25 heavy (non-hydrogen) atoms. The van der Waals surface area contributed by atoms with E-state index in [2.05, 4.69) is 22.8 Å². The number of para-hydroxylation sites is 1. The highest BCUT2D eigenvalue weighted by Crippen LogP contribution is 2.14. The minimum Gasteiger partial charge on any atom is -0.344 e. The molecule has 2 rings (SSSR count). The molecule has 0 spiro atoms. The first-order valence-corrected chi connectivity index (χ1v) is 9.61. The largest absolute Gasteiger partial charge is 0.344 e. The van der Waals surface area contributed by atoms with E-state index in [9.17, 15) is 9.59 Å². The Morgan fingerprint density at radius 1 is 1.00 bits per heavy atom. The van der Waals surface area contributed by atoms with Gasteiger partial charge < -0.3 is 10.6 Å². The van der Waals surface area contributed by atoms with Gasteiger partial charge in [0.1, 0.15) is 6.04 Å². The van der Waals surface area contributed by atoms with Gasteiger partial charge in [0.2, 0.25) is 11.8 Å². The van der Waals surface area contributed by atoms with E-state index in [1.165, 1.54) is 5.56 Å². The molecule has 0 aromatic heterocycles. The molecule has 0 aliphatic rings. The second-order valence-corrected chi connectivity index (χ2v) is 6.76. The van der Waals surface area contributed by atoms with Crippen LogP contribution in [0.3, 0.4) is 0 Å². The number of benzene rings is 2. The Labute approximate surface area is 153 Å². The second kappa shape index (κ2) is 10.6. The number of amides is 2. The average molecular weight is 356 g/mol. The van der Waals surface area contributed by atoms with Crippen LogP contribution in [-0.4, -0.2) is 23.6 Å². The first-order valence-electron chi connectivity index (χ1n) is 8.46. The Kier molecular flexibility index (Phi) is 8.05. The molecule has 5 heteroatoms. The summed E-state index contributed by atoms with van der Waals surface area (Å²) in [6.45, 7) is 1.95. The monoisotopic (exact) mass is 356 g/mol. The van der Waals surface area contributed by atoms with E-state index >= 15 is 0 Å². The molecule has 0 radical (unpaired) electrons. The van der Waals surface area contributed by atoms with Crippen molar-refractivity contribution < 1.29 is 9.59 Å². The van der Waals surface area contributed by atoms with Gasteiger partial charge >= 0.3 is 0 Å². The van der Waals surface area contributed by atoms with E-state index in [-0.39, 0.29) is 11.8 Å². The van der Waals surface area contributed by atoms with E-state index in [1.54, 1.807) is 11.8 Å². The fourth-order valence-electron chi connectivity index (χ4n) is 2.30. The van der Waals surface area contributed by atoms with Gasteiger partial charge in [0.05, 0.1) is 0 Å². The van der Waals surface area contributed by atoms with Crippen LogP contribution < -0.4 is 10.6 Å². The maximum atomic E-state index is 12.6. The first kappa shape index (κ1) is 19.1. The van der Waals surface area contributed by atoms with Gasteiger partial charge in [0.25, 0.3) is 0 Å². The molecule has 0 heterocycles. The first-order chi connectivity index (χ1) is 12.2. The third-order valence-electron chi connectivity index (χ3n) is 3.57. The maximum Gasteiger partial charge on any atom is 0.247 e. The highest BCUT2D eigenvalue weighted by molar-refractivity contribution is 7.98. The number of thioether (sulfide) groups is 1. The predicted octanol–water partition coefficient (Wildman–Crippen LogP) is 3.84. The van der Waals surface area contributed by atoms with Crippen LogP contribution in [0.1, 0.15) is 25.3 Å². The molecule has 0 aliphatic heterocycles. The normalized spacial score (nSPS) is 11.6. The lowest BCUT2D eigenvalue weighted by atomic mass is 10.2. The van der Waals surface area contributed by atoms with Crippen molar-refractivity contribution >= 4 is 29.3 Å². The second-order valence-electron chi connectivity index (χ2n) is 5.73. The topological polar surface area (TPSA) is 58.2 Å². The summed E-state index contributed by atoms with van der Waals surface area (Å²) in [4.78, 5) is 24.5. The number of hydrogen-bond donors (Lipinski definition) is 2. The number of rotatable bonds is 9. The van der Waals surface area contributed by atoms with Crippen molar-refractivity contribution in [2.24, 2.45) is 0 Å². The van der Waals surface area contributed by atoms with Crippen molar-refractivity contribution in [2.75, 3.05) is 11.1 Å². The minimum absolute atomic E-state index is 0.0870. The average Bonchev–Trinajstić information content (AvgIpc) is 2.63. The van der Waals surface area contributed by atoms with Crippen LogP contribution in [0.15, 0.2) is 60.7 Å². The van der Waals surface area contributed by atoms with Crippen molar-refractivity contribution in [2.45, 2.75) is 31.6 Å². The molecule has 0 saturated carbocycles. The fourth-order valence-corrected chi connectivity index (χ4v) is 3.31. The Hall–Kier alpha value is -2.27. The van der Waals surface area contributed by atoms with Crippen molar-refractivity contribution in [3.05, 3.63) is 66.2 Å². The summed E-state index contributed by atoms with van der Waals surface area (Å²) in [6.07, 6.45) is 1.19. The van der Waals surface area contributed by atoms with Crippen LogP contribution in [0.5, 0.6) is 0 Å². The van der Waals surface area contributed by atoms with E-state index in [0.717, 1.165) is 17.9 Å². The molecular formula is C20H24N2O2S. The number of carbonyl (C=O) groups excluding carboxylic acids is 2. The lowest BCUT2D eigenvalue weighted by Crippen LogP contribution is -2.45. The predicted molar refractivity (Wildman–Crippen MR) is 105 cm³/mol. The zero-order valence-corrected chi connectivity index (χ0v) is 15.2. The van der Waals surface area contributed by atoms with Crippen LogP contribution in [0.25, 0.3) is 0 Å². The molecule has 1 atom stereocenters. The molecule has 0 saturated heterocycles. The zero-order valence-electron chi connectivity index (χ0n) is 14.4. The van der Waals surface area contributed by atoms with Crippen LogP contribution in [0, 0.1) is 0 Å². The Bertz CT molecular complexity index is 662. The van der Waals surface area contributed by atoms with E-state index in [4.69, 9.17) is 0 Å². The number of carbonyl (C=O) groups is 2. The van der Waals surface area contributed by atoms with Crippen LogP contribution >= 0.6 is 11.8 Å². The highest BCUT2D eigenvalue weighted by Gasteiger charge is 2.20. The van der Waals surface area contributed by atoms with Crippen molar-refractivity contribution in [3.8, 4) is 0 Å². The lowest BCUT2D eigenvalue weighted by Gasteiger charge is -2.18. The lowest BCUT2D eigenvalue weighted by molar-refractivity contribution is -0.126. The van der Waals surface area contributed by atoms with E-state index in [1.807, 2.05) is 55.5 Å². The zero-order chi connectivity index (χ0) is 17.9. The highest BCUT2D eigenvalue weighted by atomic mass is 32.2. The van der Waals surface area contributed by atoms with Gasteiger partial charge in [-0.15, -0.1) is 0 Å². The molecule has 2 N–H and O–H groups in total. The third kappa shape index (κ3) is 7.01. The number of anilines is 1. The smallest absolute Gasteiger partial charge is 0.247 e. The number of hydrogen-bond acceptors (Lipinski definition) is 3. The Morgan fingerprint density at radius 3 is 2.28 bits per heavy atom. The number of nitrogens with one attached hydrogen (secondary N) is 2. The van der Waals surface area contributed by atoms with Gasteiger partial charge in [-0.05, 0) is 24.1 Å². The molecule has 2 aromatic carbocycles. The van der Waals surface area contributed by atoms with E-state index < -0.39 is 6.04 Å². The molecule has 0 fully saturated rings. The van der Waals surface area contributed by atoms with Gasteiger partial charge in [-0.25, -0.2) is 0 Å². The SMILES string of the molecule is CCCC(=O)N[C@@H](CSCc1ccccc1)C(=O)Nc1ccccc1. The molecule has 0 aliphatic carbocycles. The summed E-state index contributed by atoms with van der Waals surface area (Å²) in [5.41, 5.74) is 1.94. The molecule has 4 nitrogen and oxygen atoms in total. The molecule has 0 unspecified atom stereocenters. The minimum atomic E-state index is -0.548. The quantitative estimate of drug-likeness (QED) is 0.718. The Balaban J connectivity index is 1.93. The van der Waals surface area contributed by atoms with Gasteiger partial charge in [-0.3, -0.25) is 9.59 Å². The molecule has 132 valence electrons. The van der Waals surface area contributed by atoms with Gasteiger partial charge in [0.15, 0.2) is 0 Å². The van der Waals surface area contributed by atoms with Gasteiger partial charge in [0, 0.05) is 23.6 Å². The van der Waals surface area contributed by atoms with Crippen molar-refractivity contribution in [3.63, 3.8) is 0 Å². The van der Waals surface area contributed by atoms with Crippen LogP contribution in [0.2, 0.25) is 0 Å². The molecule has 2 aromatic rings. The molecule has 0 bridgehead atoms. The summed E-state index contributed by atoms with van der Waals surface area (Å²) < 4.78 is 0. The van der Waals surface area contributed by atoms with Crippen molar-refractivity contribution in [1.29, 1.82) is 0 Å². The summed E-state index contributed by atoms with van der Waals surface area (Å²) in [7, 11) is 0. The summed E-state index contributed by atoms with van der Waals surface area (Å²) >= 11 is 1.64. The van der Waals surface area contributed by atoms with Gasteiger partial charge in [-0.1, -0.05) is 55.5 Å². The molecular weight excluding hydrogens is 332 g/mol. The van der Waals surface area contributed by atoms with Crippen LogP contribution in [0.4, 0.5) is 5.69 Å². The maximum absolute atomic E-state index is 12.6. The van der Waals surface area contributed by atoms with E-state index in [0.29, 0.717) is 12.2 Å². The van der Waals surface area contributed by atoms with Crippen molar-refractivity contribution in [1.82, 2.24) is 5.32 Å². The van der Waals surface area contributed by atoms with Gasteiger partial charge in [-0.2, -0.15) is 11.8 Å². The van der Waals surface area contributed by atoms with Crippen LogP contribution in [-0.2, 0) is 15.3 Å². The Morgan fingerprint density at radius 2 is 1.64 bits per heavy atom. The third-order valence-corrected chi connectivity index (χ3v) is 4.67. The summed E-state index contributed by atoms with van der Waals surface area (Å²) in [5.74, 6) is 1.06. The fraction of sp³-hybridized carbons (Fsp3) is 0.300. The summed E-state index contributed by atoms with van der Waals surface area (Å²) in [5, 5.41) is 5.72.